The van der Waals surface area contributed by atoms with Gasteiger partial charge in [0.1, 0.15) is 25.8 Å². The van der Waals surface area contributed by atoms with Gasteiger partial charge >= 0.3 is 0 Å². The van der Waals surface area contributed by atoms with Crippen molar-refractivity contribution in [2.45, 2.75) is 50.2 Å². The molecule has 0 aliphatic carbocycles. The Bertz CT molecular complexity index is 1790. The summed E-state index contributed by atoms with van der Waals surface area (Å²) in [6.07, 6.45) is 0.893. The Hall–Kier alpha value is -4.54. The molecule has 4 aromatic rings. The Morgan fingerprint density at radius 2 is 1.51 bits per heavy atom. The molecule has 1 aliphatic heterocycles. The van der Waals surface area contributed by atoms with Crippen molar-refractivity contribution in [2.75, 3.05) is 24.1 Å². The average Bonchev–Trinajstić information content (AvgIpc) is 3.09. The Balaban J connectivity index is 1.59. The summed E-state index contributed by atoms with van der Waals surface area (Å²) in [5, 5.41) is 3.46. The summed E-state index contributed by atoms with van der Waals surface area (Å²) in [7, 11) is -4.26. The molecule has 9 nitrogen and oxygen atoms in total. The number of rotatable bonds is 13. The molecule has 2 atom stereocenters. The molecule has 0 radical (unpaired) electrons. The number of carbonyl (C=O) groups is 2. The largest absolute Gasteiger partial charge is 0.486 e. The third-order valence-electron chi connectivity index (χ3n) is 7.99. The fourth-order valence-corrected chi connectivity index (χ4v) is 6.86. The minimum absolute atomic E-state index is 0.00990. The molecule has 47 heavy (non-hydrogen) atoms. The minimum atomic E-state index is -4.26. The molecule has 1 heterocycles. The number of halogens is 1. The van der Waals surface area contributed by atoms with Crippen LogP contribution in [-0.4, -0.2) is 57.0 Å². The van der Waals surface area contributed by atoms with Crippen LogP contribution in [0.25, 0.3) is 0 Å². The summed E-state index contributed by atoms with van der Waals surface area (Å²) in [5.41, 5.74) is 1.68. The third kappa shape index (κ3) is 8.25. The van der Waals surface area contributed by atoms with E-state index in [-0.39, 0.29) is 35.5 Å². The predicted octanol–water partition coefficient (Wildman–Crippen LogP) is 5.86. The Morgan fingerprint density at radius 1 is 0.872 bits per heavy atom. The summed E-state index contributed by atoms with van der Waals surface area (Å²) in [4.78, 5) is 30.1. The van der Waals surface area contributed by atoms with E-state index in [1.54, 1.807) is 60.7 Å². The van der Waals surface area contributed by atoms with E-state index in [0.717, 1.165) is 9.87 Å². The normalized spacial score (nSPS) is 13.7. The van der Waals surface area contributed by atoms with Crippen LogP contribution in [0.15, 0.2) is 108 Å². The van der Waals surface area contributed by atoms with Crippen LogP contribution >= 0.6 is 11.6 Å². The van der Waals surface area contributed by atoms with Crippen LogP contribution in [0.3, 0.4) is 0 Å². The average molecular weight is 676 g/mol. The highest BCUT2D eigenvalue weighted by Gasteiger charge is 2.35. The van der Waals surface area contributed by atoms with E-state index in [1.807, 2.05) is 44.2 Å². The number of carbonyl (C=O) groups excluding carboxylic acids is 2. The Morgan fingerprint density at radius 3 is 2.19 bits per heavy atom. The summed E-state index contributed by atoms with van der Waals surface area (Å²) in [5.74, 6) is -0.0782. The quantitative estimate of drug-likeness (QED) is 0.190. The second-order valence-electron chi connectivity index (χ2n) is 11.3. The molecular weight excluding hydrogens is 638 g/mol. The molecule has 1 N–H and O–H groups in total. The first kappa shape index (κ1) is 33.8. The third-order valence-corrected chi connectivity index (χ3v) is 10.2. The molecule has 0 fully saturated rings. The van der Waals surface area contributed by atoms with Crippen molar-refractivity contribution in [3.63, 3.8) is 0 Å². The first-order valence-electron chi connectivity index (χ1n) is 15.5. The second kappa shape index (κ2) is 15.4. The van der Waals surface area contributed by atoms with Crippen molar-refractivity contribution in [1.82, 2.24) is 10.2 Å². The van der Waals surface area contributed by atoms with Crippen LogP contribution in [0, 0.1) is 0 Å². The van der Waals surface area contributed by atoms with Crippen LogP contribution in [0.4, 0.5) is 5.69 Å². The number of sulfonamides is 1. The number of hydrogen-bond donors (Lipinski definition) is 1. The zero-order valence-electron chi connectivity index (χ0n) is 26.3. The molecule has 2 amide bonds. The molecule has 11 heteroatoms. The van der Waals surface area contributed by atoms with E-state index in [2.05, 4.69) is 5.32 Å². The van der Waals surface area contributed by atoms with Crippen molar-refractivity contribution in [3.8, 4) is 11.5 Å². The fraction of sp³-hybridized carbons (Fsp3) is 0.278. The first-order chi connectivity index (χ1) is 22.7. The van der Waals surface area contributed by atoms with Crippen LogP contribution in [0.1, 0.15) is 31.4 Å². The fourth-order valence-electron chi connectivity index (χ4n) is 5.24. The van der Waals surface area contributed by atoms with E-state index >= 15 is 0 Å². The number of hydrogen-bond acceptors (Lipinski definition) is 6. The molecule has 0 aromatic heterocycles. The highest BCUT2D eigenvalue weighted by atomic mass is 35.5. The molecule has 5 rings (SSSR count). The van der Waals surface area contributed by atoms with Crippen molar-refractivity contribution in [2.24, 2.45) is 0 Å². The summed E-state index contributed by atoms with van der Waals surface area (Å²) in [6.45, 7) is 3.92. The molecule has 4 aromatic carbocycles. The minimum Gasteiger partial charge on any atom is -0.486 e. The lowest BCUT2D eigenvalue weighted by Crippen LogP contribution is -2.54. The maximum Gasteiger partial charge on any atom is 0.264 e. The number of amides is 2. The zero-order valence-corrected chi connectivity index (χ0v) is 27.9. The zero-order chi connectivity index (χ0) is 33.4. The maximum atomic E-state index is 14.6. The molecule has 0 bridgehead atoms. The highest BCUT2D eigenvalue weighted by Crippen LogP contribution is 2.36. The molecule has 0 saturated carbocycles. The van der Waals surface area contributed by atoms with E-state index in [4.69, 9.17) is 21.1 Å². The maximum absolute atomic E-state index is 14.6. The Kier molecular flexibility index (Phi) is 11.1. The predicted molar refractivity (Wildman–Crippen MR) is 182 cm³/mol. The number of anilines is 1. The van der Waals surface area contributed by atoms with Crippen LogP contribution < -0.4 is 19.1 Å². The number of ether oxygens (including phenoxy) is 2. The molecule has 0 spiro atoms. The van der Waals surface area contributed by atoms with E-state index in [1.165, 1.54) is 17.0 Å². The lowest BCUT2D eigenvalue weighted by molar-refractivity contribution is -0.140. The van der Waals surface area contributed by atoms with Gasteiger partial charge in [0.05, 0.1) is 10.6 Å². The molecule has 246 valence electrons. The van der Waals surface area contributed by atoms with Crippen LogP contribution in [-0.2, 0) is 32.6 Å². The van der Waals surface area contributed by atoms with Crippen LogP contribution in [0.2, 0.25) is 5.02 Å². The first-order valence-corrected chi connectivity index (χ1v) is 17.3. The van der Waals surface area contributed by atoms with E-state index < -0.39 is 28.5 Å². The van der Waals surface area contributed by atoms with E-state index in [0.29, 0.717) is 41.7 Å². The number of nitrogens with one attached hydrogen (secondary N) is 1. The summed E-state index contributed by atoms with van der Waals surface area (Å²) >= 11 is 6.58. The standard InChI is InChI=1S/C36H38ClN3O6S/c1-3-26(2)38-36(42)32(22-27-12-6-4-7-13-27)39(24-28-14-10-11-17-31(28)37)35(41)25-40(47(43,44)30-15-8-5-9-16-30)29-18-19-33-34(23-29)46-21-20-45-33/h4-19,23,26,32H,3,20-22,24-25H2,1-2H3,(H,38,42)/t26-,32-/m0/s1. The lowest BCUT2D eigenvalue weighted by Gasteiger charge is -2.34. The van der Waals surface area contributed by atoms with Crippen LogP contribution in [0.5, 0.6) is 11.5 Å². The van der Waals surface area contributed by atoms with Gasteiger partial charge in [-0.2, -0.15) is 0 Å². The van der Waals surface area contributed by atoms with Gasteiger partial charge in [0.25, 0.3) is 10.0 Å². The number of fused-ring (bicyclic) bond motifs is 1. The second-order valence-corrected chi connectivity index (χ2v) is 13.6. The molecule has 1 aliphatic rings. The summed E-state index contributed by atoms with van der Waals surface area (Å²) < 4.78 is 40.9. The van der Waals surface area contributed by atoms with Gasteiger partial charge in [-0.25, -0.2) is 8.42 Å². The topological polar surface area (TPSA) is 105 Å². The van der Waals surface area contributed by atoms with Gasteiger partial charge in [-0.3, -0.25) is 13.9 Å². The van der Waals surface area contributed by atoms with Gasteiger partial charge in [0, 0.05) is 30.1 Å². The van der Waals surface area contributed by atoms with Gasteiger partial charge < -0.3 is 19.7 Å². The van der Waals surface area contributed by atoms with Gasteiger partial charge in [-0.05, 0) is 54.8 Å². The van der Waals surface area contributed by atoms with Gasteiger partial charge in [0.2, 0.25) is 11.8 Å². The molecule has 0 saturated heterocycles. The van der Waals surface area contributed by atoms with Gasteiger partial charge in [0.15, 0.2) is 11.5 Å². The SMILES string of the molecule is CC[C@H](C)NC(=O)[C@H](Cc1ccccc1)N(Cc1ccccc1Cl)C(=O)CN(c1ccc2c(c1)OCCO2)S(=O)(=O)c1ccccc1. The van der Waals surface area contributed by atoms with E-state index in [9.17, 15) is 18.0 Å². The van der Waals surface area contributed by atoms with Crippen molar-refractivity contribution < 1.29 is 27.5 Å². The van der Waals surface area contributed by atoms with Crippen molar-refractivity contribution in [3.05, 3.63) is 119 Å². The highest BCUT2D eigenvalue weighted by molar-refractivity contribution is 7.92. The smallest absolute Gasteiger partial charge is 0.264 e. The van der Waals surface area contributed by atoms with Gasteiger partial charge in [-0.15, -0.1) is 0 Å². The molecular formula is C36H38ClN3O6S. The van der Waals surface area contributed by atoms with Crippen molar-refractivity contribution >= 4 is 39.1 Å². The monoisotopic (exact) mass is 675 g/mol. The van der Waals surface area contributed by atoms with Gasteiger partial charge in [-0.1, -0.05) is 85.3 Å². The lowest BCUT2D eigenvalue weighted by atomic mass is 10.0. The molecule has 0 unspecified atom stereocenters. The number of benzene rings is 4. The summed E-state index contributed by atoms with van der Waals surface area (Å²) in [6, 6.07) is 28.0. The van der Waals surface area contributed by atoms with Crippen molar-refractivity contribution in [1.29, 1.82) is 0 Å². The Labute approximate surface area is 281 Å². The number of nitrogens with zero attached hydrogens (tertiary/aromatic N) is 2.